The summed E-state index contributed by atoms with van der Waals surface area (Å²) in [6.45, 7) is 6.88. The van der Waals surface area contributed by atoms with E-state index in [-0.39, 0.29) is 29.4 Å². The molecule has 10 heteroatoms. The third kappa shape index (κ3) is 4.40. The van der Waals surface area contributed by atoms with Crippen molar-refractivity contribution in [1.29, 1.82) is 0 Å². The topological polar surface area (TPSA) is 68.3 Å². The van der Waals surface area contributed by atoms with Crippen molar-refractivity contribution in [3.05, 3.63) is 71.3 Å². The molecule has 0 saturated heterocycles. The molecule has 0 N–H and O–H groups in total. The minimum Gasteiger partial charge on any atom is -0.336 e. The normalized spacial score (nSPS) is 12.0. The summed E-state index contributed by atoms with van der Waals surface area (Å²) < 4.78 is 44.1. The zero-order chi connectivity index (χ0) is 24.6. The number of carbonyl (C=O) groups is 1. The molecule has 178 valence electrons. The second-order valence-corrected chi connectivity index (χ2v) is 8.39. The third-order valence-electron chi connectivity index (χ3n) is 5.72. The first-order chi connectivity index (χ1) is 16.1. The Morgan fingerprint density at radius 3 is 2.44 bits per heavy atom. The number of halogens is 3. The van der Waals surface area contributed by atoms with Crippen molar-refractivity contribution in [3.63, 3.8) is 0 Å². The molecule has 4 aromatic rings. The molecule has 0 radical (unpaired) electrons. The largest absolute Gasteiger partial charge is 0.433 e. The highest BCUT2D eigenvalue weighted by atomic mass is 19.4. The molecule has 0 aliphatic carbocycles. The minimum absolute atomic E-state index is 0.00351. The van der Waals surface area contributed by atoms with E-state index in [4.69, 9.17) is 0 Å². The molecule has 0 unspecified atom stereocenters. The van der Waals surface area contributed by atoms with Gasteiger partial charge >= 0.3 is 6.18 Å². The minimum atomic E-state index is -4.68. The van der Waals surface area contributed by atoms with Gasteiger partial charge in [-0.25, -0.2) is 9.50 Å². The molecular formula is C24H25F3N6O. The molecule has 0 aliphatic heterocycles. The van der Waals surface area contributed by atoms with Gasteiger partial charge in [0.1, 0.15) is 5.56 Å². The molecule has 0 aliphatic rings. The Bertz CT molecular complexity index is 1320. The molecule has 0 spiro atoms. The fourth-order valence-corrected chi connectivity index (χ4v) is 3.80. The number of aromatic nitrogens is 5. The fourth-order valence-electron chi connectivity index (χ4n) is 3.80. The number of fused-ring (bicyclic) bond motifs is 1. The SMILES string of the molecule is CCn1nccc1CN(C)C(=O)c1cnn2c(C(F)(F)F)cc(-c3ccc(C(C)C)cc3)nc12. The van der Waals surface area contributed by atoms with Crippen LogP contribution in [0.1, 0.15) is 54.0 Å². The molecule has 1 amide bonds. The molecule has 3 aromatic heterocycles. The van der Waals surface area contributed by atoms with E-state index in [2.05, 4.69) is 15.2 Å². The molecular weight excluding hydrogens is 445 g/mol. The molecule has 0 bridgehead atoms. The maximum Gasteiger partial charge on any atom is 0.433 e. The summed E-state index contributed by atoms with van der Waals surface area (Å²) >= 11 is 0. The summed E-state index contributed by atoms with van der Waals surface area (Å²) in [4.78, 5) is 19.0. The van der Waals surface area contributed by atoms with Crippen LogP contribution >= 0.6 is 0 Å². The van der Waals surface area contributed by atoms with Crippen LogP contribution in [0.4, 0.5) is 13.2 Å². The van der Waals surface area contributed by atoms with Gasteiger partial charge in [-0.15, -0.1) is 0 Å². The fraction of sp³-hybridized carbons (Fsp3) is 0.333. The van der Waals surface area contributed by atoms with Crippen molar-refractivity contribution in [2.75, 3.05) is 7.05 Å². The Labute approximate surface area is 194 Å². The van der Waals surface area contributed by atoms with E-state index in [1.807, 2.05) is 32.9 Å². The first-order valence-electron chi connectivity index (χ1n) is 10.9. The molecule has 0 atom stereocenters. The monoisotopic (exact) mass is 470 g/mol. The number of rotatable bonds is 6. The lowest BCUT2D eigenvalue weighted by Crippen LogP contribution is -2.27. The zero-order valence-corrected chi connectivity index (χ0v) is 19.3. The maximum atomic E-state index is 13.9. The highest BCUT2D eigenvalue weighted by Crippen LogP contribution is 2.33. The lowest BCUT2D eigenvalue weighted by molar-refractivity contribution is -0.142. The molecule has 7 nitrogen and oxygen atoms in total. The third-order valence-corrected chi connectivity index (χ3v) is 5.72. The van der Waals surface area contributed by atoms with Crippen molar-refractivity contribution in [3.8, 4) is 11.3 Å². The van der Waals surface area contributed by atoms with E-state index in [1.54, 1.807) is 36.1 Å². The molecule has 1 aromatic carbocycles. The quantitative estimate of drug-likeness (QED) is 0.397. The summed E-state index contributed by atoms with van der Waals surface area (Å²) in [5.41, 5.74) is 1.38. The molecule has 34 heavy (non-hydrogen) atoms. The van der Waals surface area contributed by atoms with Gasteiger partial charge < -0.3 is 4.90 Å². The van der Waals surface area contributed by atoms with Gasteiger partial charge in [0.2, 0.25) is 0 Å². The smallest absolute Gasteiger partial charge is 0.336 e. The van der Waals surface area contributed by atoms with E-state index in [9.17, 15) is 18.0 Å². The summed E-state index contributed by atoms with van der Waals surface area (Å²) in [6.07, 6.45) is -1.90. The van der Waals surface area contributed by atoms with Crippen LogP contribution in [0.15, 0.2) is 48.8 Å². The second kappa shape index (κ2) is 8.92. The Hall–Kier alpha value is -3.69. The van der Waals surface area contributed by atoms with Crippen molar-refractivity contribution >= 4 is 11.6 Å². The number of carbonyl (C=O) groups excluding carboxylic acids is 1. The van der Waals surface area contributed by atoms with Gasteiger partial charge in [-0.2, -0.15) is 23.4 Å². The Morgan fingerprint density at radius 2 is 1.82 bits per heavy atom. The van der Waals surface area contributed by atoms with Crippen molar-refractivity contribution in [2.24, 2.45) is 0 Å². The first kappa shape index (κ1) is 23.5. The van der Waals surface area contributed by atoms with Crippen LogP contribution in [0.5, 0.6) is 0 Å². The van der Waals surface area contributed by atoms with Crippen LogP contribution in [-0.4, -0.2) is 42.2 Å². The van der Waals surface area contributed by atoms with Crippen LogP contribution in [0.3, 0.4) is 0 Å². The van der Waals surface area contributed by atoms with Gasteiger partial charge in [0, 0.05) is 25.4 Å². The molecule has 0 saturated carbocycles. The van der Waals surface area contributed by atoms with Gasteiger partial charge in [-0.1, -0.05) is 38.1 Å². The second-order valence-electron chi connectivity index (χ2n) is 8.39. The number of alkyl halides is 3. The van der Waals surface area contributed by atoms with Crippen molar-refractivity contribution in [1.82, 2.24) is 29.3 Å². The van der Waals surface area contributed by atoms with Crippen LogP contribution in [0.25, 0.3) is 16.9 Å². The molecule has 3 heterocycles. The van der Waals surface area contributed by atoms with Gasteiger partial charge in [0.05, 0.1) is 24.1 Å². The van der Waals surface area contributed by atoms with Gasteiger partial charge in [0.25, 0.3) is 5.91 Å². The Balaban J connectivity index is 1.78. The standard InChI is InChI=1S/C24H25F3N6O/c1-5-32-18(10-11-28-32)14-31(4)23(34)19-13-29-33-21(24(25,26)27)12-20(30-22(19)33)17-8-6-16(7-9-17)15(2)3/h6-13,15H,5,14H2,1-4H3. The highest BCUT2D eigenvalue weighted by molar-refractivity contribution is 5.99. The van der Waals surface area contributed by atoms with Crippen molar-refractivity contribution in [2.45, 2.75) is 46.0 Å². The summed E-state index contributed by atoms with van der Waals surface area (Å²) in [5, 5.41) is 8.05. The molecule has 4 rings (SSSR count). The number of hydrogen-bond donors (Lipinski definition) is 0. The first-order valence-corrected chi connectivity index (χ1v) is 10.9. The van der Waals surface area contributed by atoms with E-state index < -0.39 is 17.8 Å². The number of amides is 1. The Kier molecular flexibility index (Phi) is 6.16. The van der Waals surface area contributed by atoms with Crippen LogP contribution < -0.4 is 0 Å². The summed E-state index contributed by atoms with van der Waals surface area (Å²) in [5.74, 6) is -0.194. The molecule has 0 fully saturated rings. The van der Waals surface area contributed by atoms with Crippen LogP contribution in [-0.2, 0) is 19.3 Å². The summed E-state index contributed by atoms with van der Waals surface area (Å²) in [6, 6.07) is 9.97. The van der Waals surface area contributed by atoms with Crippen LogP contribution in [0, 0.1) is 0 Å². The van der Waals surface area contributed by atoms with E-state index in [0.717, 1.165) is 23.5 Å². The predicted molar refractivity (Wildman–Crippen MR) is 121 cm³/mol. The average Bonchev–Trinajstić information content (AvgIpc) is 3.43. The summed E-state index contributed by atoms with van der Waals surface area (Å²) in [7, 11) is 1.58. The maximum absolute atomic E-state index is 13.9. The van der Waals surface area contributed by atoms with Gasteiger partial charge in [-0.3, -0.25) is 9.48 Å². The van der Waals surface area contributed by atoms with E-state index >= 15 is 0 Å². The van der Waals surface area contributed by atoms with Crippen LogP contribution in [0.2, 0.25) is 0 Å². The van der Waals surface area contributed by atoms with Gasteiger partial charge in [0.15, 0.2) is 11.3 Å². The highest BCUT2D eigenvalue weighted by Gasteiger charge is 2.36. The van der Waals surface area contributed by atoms with Crippen molar-refractivity contribution < 1.29 is 18.0 Å². The number of benzene rings is 1. The number of aryl methyl sites for hydroxylation is 1. The van der Waals surface area contributed by atoms with E-state index in [1.165, 1.54) is 4.90 Å². The van der Waals surface area contributed by atoms with E-state index in [0.29, 0.717) is 16.6 Å². The lowest BCUT2D eigenvalue weighted by Gasteiger charge is -2.17. The number of hydrogen-bond acceptors (Lipinski definition) is 4. The van der Waals surface area contributed by atoms with Gasteiger partial charge in [-0.05, 0) is 30.5 Å². The average molecular weight is 470 g/mol. The number of nitrogens with zero attached hydrogens (tertiary/aromatic N) is 6. The zero-order valence-electron chi connectivity index (χ0n) is 19.3. The lowest BCUT2D eigenvalue weighted by atomic mass is 10.0. The Morgan fingerprint density at radius 1 is 1.12 bits per heavy atom. The predicted octanol–water partition coefficient (Wildman–Crippen LogP) is 5.03.